The third-order valence-corrected chi connectivity index (χ3v) is 6.55. The van der Waals surface area contributed by atoms with Crippen molar-refractivity contribution in [2.75, 3.05) is 30.8 Å². The van der Waals surface area contributed by atoms with Crippen LogP contribution in [-0.2, 0) is 12.5 Å². The number of anilines is 2. The van der Waals surface area contributed by atoms with Crippen molar-refractivity contribution in [3.63, 3.8) is 0 Å². The molecule has 3 heterocycles. The number of rotatable bonds is 10. The molecule has 1 saturated heterocycles. The number of benzene rings is 1. The van der Waals surface area contributed by atoms with E-state index in [-0.39, 0.29) is 17.1 Å². The molecule has 208 valence electrons. The Morgan fingerprint density at radius 2 is 1.85 bits per heavy atom. The van der Waals surface area contributed by atoms with Gasteiger partial charge in [0.25, 0.3) is 5.91 Å². The number of hydrogen-bond acceptors (Lipinski definition) is 6. The molecule has 7 nitrogen and oxygen atoms in total. The molecule has 4 rings (SSSR count). The molecule has 3 aromatic rings. The predicted molar refractivity (Wildman–Crippen MR) is 136 cm³/mol. The van der Waals surface area contributed by atoms with E-state index < -0.39 is 23.6 Å². The van der Waals surface area contributed by atoms with Gasteiger partial charge < -0.3 is 20.3 Å². The zero-order valence-electron chi connectivity index (χ0n) is 21.1. The number of amides is 1. The van der Waals surface area contributed by atoms with Crippen molar-refractivity contribution in [1.29, 1.82) is 0 Å². The van der Waals surface area contributed by atoms with Crippen LogP contribution in [0, 0.1) is 0 Å². The molecule has 1 aromatic carbocycles. The van der Waals surface area contributed by atoms with Gasteiger partial charge in [-0.2, -0.15) is 22.0 Å². The highest BCUT2D eigenvalue weighted by atomic mass is 19.4. The predicted octanol–water partition coefficient (Wildman–Crippen LogP) is 5.86. The van der Waals surface area contributed by atoms with Crippen LogP contribution in [0.25, 0.3) is 0 Å². The van der Waals surface area contributed by atoms with Gasteiger partial charge in [0.05, 0.1) is 12.2 Å². The van der Waals surface area contributed by atoms with Crippen LogP contribution in [0.5, 0.6) is 5.88 Å². The fourth-order valence-corrected chi connectivity index (χ4v) is 4.32. The lowest BCUT2D eigenvalue weighted by Gasteiger charge is -2.20. The number of halogens is 5. The van der Waals surface area contributed by atoms with E-state index in [2.05, 4.69) is 32.5 Å². The topological polar surface area (TPSA) is 79.4 Å². The Balaban J connectivity index is 1.35. The summed E-state index contributed by atoms with van der Waals surface area (Å²) in [5, 5.41) is 5.58. The van der Waals surface area contributed by atoms with Crippen LogP contribution < -0.4 is 15.4 Å². The molecule has 1 aliphatic heterocycles. The van der Waals surface area contributed by atoms with Gasteiger partial charge in [-0.25, -0.2) is 9.97 Å². The summed E-state index contributed by atoms with van der Waals surface area (Å²) in [5.41, 5.74) is -0.163. The van der Waals surface area contributed by atoms with Crippen molar-refractivity contribution < 1.29 is 31.5 Å². The molecule has 1 atom stereocenters. The number of ether oxygens (including phenoxy) is 1. The van der Waals surface area contributed by atoms with Gasteiger partial charge >= 0.3 is 12.1 Å². The lowest BCUT2D eigenvalue weighted by atomic mass is 10.1. The highest BCUT2D eigenvalue weighted by Gasteiger charge is 2.58. The summed E-state index contributed by atoms with van der Waals surface area (Å²) in [6, 6.07) is 10.4. The maximum absolute atomic E-state index is 13.5. The standard InChI is InChI=1S/C27H28F5N5O2/c1-37-14-3-4-21(37)11-15-39-23-16-18(10-13-33-23)17-35-24-22(5-2-12-34-24)25(38)36-20-8-6-19(7-9-20)26(28,29)27(30,31)32/h2,5-10,12-13,16,21H,3-4,11,14-15,17H2,1H3,(H,34,35)(H,36,38). The molecular formula is C27H28F5N5O2. The first kappa shape index (κ1) is 28.2. The van der Waals surface area contributed by atoms with E-state index in [1.54, 1.807) is 24.4 Å². The van der Waals surface area contributed by atoms with Crippen LogP contribution in [0.15, 0.2) is 60.9 Å². The van der Waals surface area contributed by atoms with Crippen molar-refractivity contribution in [1.82, 2.24) is 14.9 Å². The number of nitrogens with zero attached hydrogens (tertiary/aromatic N) is 3. The minimum Gasteiger partial charge on any atom is -0.478 e. The third kappa shape index (κ3) is 6.99. The molecule has 1 aliphatic rings. The molecule has 1 unspecified atom stereocenters. The Morgan fingerprint density at radius 3 is 2.54 bits per heavy atom. The number of aromatic nitrogens is 2. The number of hydrogen-bond donors (Lipinski definition) is 2. The monoisotopic (exact) mass is 549 g/mol. The van der Waals surface area contributed by atoms with Gasteiger partial charge in [-0.3, -0.25) is 4.79 Å². The zero-order chi connectivity index (χ0) is 28.0. The second kappa shape index (κ2) is 11.9. The maximum atomic E-state index is 13.5. The number of alkyl halides is 5. The van der Waals surface area contributed by atoms with Crippen molar-refractivity contribution in [2.45, 2.75) is 43.9 Å². The summed E-state index contributed by atoms with van der Waals surface area (Å²) in [4.78, 5) is 23.6. The Hall–Kier alpha value is -3.80. The second-order valence-electron chi connectivity index (χ2n) is 9.27. The first-order chi connectivity index (χ1) is 18.5. The molecular weight excluding hydrogens is 521 g/mol. The fourth-order valence-electron chi connectivity index (χ4n) is 4.32. The van der Waals surface area contributed by atoms with Crippen LogP contribution in [0.1, 0.15) is 40.7 Å². The highest BCUT2D eigenvalue weighted by Crippen LogP contribution is 2.43. The van der Waals surface area contributed by atoms with Crippen LogP contribution in [0.2, 0.25) is 0 Å². The molecule has 2 N–H and O–H groups in total. The van der Waals surface area contributed by atoms with Gasteiger partial charge in [0.15, 0.2) is 0 Å². The van der Waals surface area contributed by atoms with Crippen LogP contribution in [0.4, 0.5) is 33.5 Å². The molecule has 0 saturated carbocycles. The fraction of sp³-hybridized carbons (Fsp3) is 0.370. The lowest BCUT2D eigenvalue weighted by molar-refractivity contribution is -0.289. The van der Waals surface area contributed by atoms with Crippen molar-refractivity contribution >= 4 is 17.4 Å². The van der Waals surface area contributed by atoms with E-state index in [4.69, 9.17) is 4.74 Å². The highest BCUT2D eigenvalue weighted by molar-refractivity contribution is 6.07. The smallest absolute Gasteiger partial charge is 0.458 e. The molecule has 2 aromatic heterocycles. The zero-order valence-corrected chi connectivity index (χ0v) is 21.1. The molecule has 39 heavy (non-hydrogen) atoms. The number of nitrogens with one attached hydrogen (secondary N) is 2. The second-order valence-corrected chi connectivity index (χ2v) is 9.27. The summed E-state index contributed by atoms with van der Waals surface area (Å²) >= 11 is 0. The van der Waals surface area contributed by atoms with Crippen molar-refractivity contribution in [3.05, 3.63) is 77.6 Å². The molecule has 0 bridgehead atoms. The van der Waals surface area contributed by atoms with Crippen LogP contribution in [-0.4, -0.2) is 53.2 Å². The van der Waals surface area contributed by atoms with Gasteiger partial charge in [-0.1, -0.05) is 12.1 Å². The Labute approximate surface area is 222 Å². The summed E-state index contributed by atoms with van der Waals surface area (Å²) < 4.78 is 70.7. The minimum absolute atomic E-state index is 0.0521. The average molecular weight is 550 g/mol. The van der Waals surface area contributed by atoms with E-state index in [0.717, 1.165) is 37.1 Å². The first-order valence-electron chi connectivity index (χ1n) is 12.4. The van der Waals surface area contributed by atoms with E-state index in [9.17, 15) is 26.7 Å². The molecule has 0 spiro atoms. The number of carbonyl (C=O) groups is 1. The molecule has 1 amide bonds. The van der Waals surface area contributed by atoms with Gasteiger partial charge in [-0.05, 0) is 68.8 Å². The Kier molecular flexibility index (Phi) is 8.63. The lowest BCUT2D eigenvalue weighted by Crippen LogP contribution is -2.33. The van der Waals surface area contributed by atoms with Gasteiger partial charge in [-0.15, -0.1) is 0 Å². The average Bonchev–Trinajstić information content (AvgIpc) is 3.32. The summed E-state index contributed by atoms with van der Waals surface area (Å²) in [6.07, 6.45) is 0.681. The van der Waals surface area contributed by atoms with Gasteiger partial charge in [0.2, 0.25) is 5.88 Å². The Morgan fingerprint density at radius 1 is 1.08 bits per heavy atom. The summed E-state index contributed by atoms with van der Waals surface area (Å²) in [6.45, 7) is 1.96. The Bertz CT molecular complexity index is 1270. The largest absolute Gasteiger partial charge is 0.478 e. The van der Waals surface area contributed by atoms with Crippen LogP contribution in [0.3, 0.4) is 0 Å². The molecule has 12 heteroatoms. The normalized spacial score (nSPS) is 16.2. The molecule has 0 radical (unpaired) electrons. The van der Waals surface area contributed by atoms with Crippen LogP contribution >= 0.6 is 0 Å². The van der Waals surface area contributed by atoms with Crippen molar-refractivity contribution in [2.24, 2.45) is 0 Å². The summed E-state index contributed by atoms with van der Waals surface area (Å²) in [5.74, 6) is -4.86. The SMILES string of the molecule is CN1CCCC1CCOc1cc(CNc2ncccc2C(=O)Nc2ccc(C(F)(F)C(F)(F)F)cc2)ccn1. The van der Waals surface area contributed by atoms with E-state index in [1.807, 2.05) is 0 Å². The van der Waals surface area contributed by atoms with E-state index in [0.29, 0.717) is 37.2 Å². The quantitative estimate of drug-likeness (QED) is 0.309. The van der Waals surface area contributed by atoms with Crippen molar-refractivity contribution in [3.8, 4) is 5.88 Å². The first-order valence-corrected chi connectivity index (χ1v) is 12.4. The minimum atomic E-state index is -5.72. The summed E-state index contributed by atoms with van der Waals surface area (Å²) in [7, 11) is 2.11. The van der Waals surface area contributed by atoms with Gasteiger partial charge in [0.1, 0.15) is 5.82 Å². The number of likely N-dealkylation sites (tertiary alicyclic amines) is 1. The third-order valence-electron chi connectivity index (χ3n) is 6.55. The molecule has 0 aliphatic carbocycles. The molecule has 1 fully saturated rings. The maximum Gasteiger partial charge on any atom is 0.458 e. The number of carbonyl (C=O) groups excluding carboxylic acids is 1. The van der Waals surface area contributed by atoms with E-state index in [1.165, 1.54) is 18.7 Å². The van der Waals surface area contributed by atoms with E-state index >= 15 is 0 Å². The number of pyridine rings is 2. The van der Waals surface area contributed by atoms with Gasteiger partial charge in [0, 0.05) is 42.3 Å².